The molecular weight excluding hydrogens is 397 g/mol. The molecule has 0 saturated heterocycles. The summed E-state index contributed by atoms with van der Waals surface area (Å²) in [4.78, 5) is 24.1. The minimum Gasteiger partial charge on any atom is -0.484 e. The predicted molar refractivity (Wildman–Crippen MR) is 117 cm³/mol. The van der Waals surface area contributed by atoms with Crippen molar-refractivity contribution < 1.29 is 18.3 Å². The first-order chi connectivity index (χ1) is 15.1. The molecule has 0 aliphatic rings. The topological polar surface area (TPSA) is 68.5 Å². The normalized spacial score (nSPS) is 10.7. The summed E-state index contributed by atoms with van der Waals surface area (Å²) in [6.45, 7) is 0.248. The molecule has 0 aliphatic carbocycles. The molecule has 4 aromatic rings. The lowest BCUT2D eigenvalue weighted by molar-refractivity contribution is -0.123. The molecule has 1 heterocycles. The standard InChI is InChI=1S/C25H20FNO4/c26-19-8-6-17(7-9-19)12-13-27-24(28)16-30-20-10-11-21-22(18-4-2-1-3-5-18)15-25(29)31-23(21)14-20/h1-11,14-15H,12-13,16H2,(H,27,28). The van der Waals surface area contributed by atoms with Gasteiger partial charge in [0.05, 0.1) is 0 Å². The Morgan fingerprint density at radius 2 is 1.74 bits per heavy atom. The van der Waals surface area contributed by atoms with Crippen LogP contribution in [0.2, 0.25) is 0 Å². The number of nitrogens with one attached hydrogen (secondary N) is 1. The van der Waals surface area contributed by atoms with Gasteiger partial charge >= 0.3 is 5.63 Å². The number of ether oxygens (including phenoxy) is 1. The number of hydrogen-bond donors (Lipinski definition) is 1. The van der Waals surface area contributed by atoms with Crippen LogP contribution in [0.15, 0.2) is 88.1 Å². The number of carbonyl (C=O) groups is 1. The summed E-state index contributed by atoms with van der Waals surface area (Å²) < 4.78 is 23.8. The van der Waals surface area contributed by atoms with Crippen LogP contribution in [0.4, 0.5) is 4.39 Å². The van der Waals surface area contributed by atoms with E-state index >= 15 is 0 Å². The molecule has 0 saturated carbocycles. The fraction of sp³-hybridized carbons (Fsp3) is 0.120. The van der Waals surface area contributed by atoms with Gasteiger partial charge in [0.1, 0.15) is 17.1 Å². The van der Waals surface area contributed by atoms with Gasteiger partial charge in [0.15, 0.2) is 6.61 Å². The number of benzene rings is 3. The van der Waals surface area contributed by atoms with Crippen LogP contribution in [0.5, 0.6) is 5.75 Å². The summed E-state index contributed by atoms with van der Waals surface area (Å²) in [5.74, 6) is -0.139. The van der Waals surface area contributed by atoms with Crippen LogP contribution in [0.3, 0.4) is 0 Å². The SMILES string of the molecule is O=C(COc1ccc2c(-c3ccccc3)cc(=O)oc2c1)NCCc1ccc(F)cc1. The number of halogens is 1. The smallest absolute Gasteiger partial charge is 0.336 e. The van der Waals surface area contributed by atoms with Crippen LogP contribution in [0.25, 0.3) is 22.1 Å². The third-order valence-corrected chi connectivity index (χ3v) is 4.82. The molecule has 1 N–H and O–H groups in total. The third-order valence-electron chi connectivity index (χ3n) is 4.82. The fourth-order valence-corrected chi connectivity index (χ4v) is 3.29. The average Bonchev–Trinajstić information content (AvgIpc) is 2.79. The maximum Gasteiger partial charge on any atom is 0.336 e. The molecule has 0 spiro atoms. The largest absolute Gasteiger partial charge is 0.484 e. The van der Waals surface area contributed by atoms with Gasteiger partial charge in [-0.05, 0) is 47.4 Å². The van der Waals surface area contributed by atoms with E-state index in [0.717, 1.165) is 22.1 Å². The van der Waals surface area contributed by atoms with Crippen molar-refractivity contribution in [3.8, 4) is 16.9 Å². The van der Waals surface area contributed by atoms with Gasteiger partial charge in [0, 0.05) is 24.1 Å². The lowest BCUT2D eigenvalue weighted by Gasteiger charge is -2.10. The Labute approximate surface area is 178 Å². The molecule has 0 unspecified atom stereocenters. The van der Waals surface area contributed by atoms with E-state index in [0.29, 0.717) is 24.3 Å². The Bertz CT molecular complexity index is 1250. The highest BCUT2D eigenvalue weighted by Gasteiger charge is 2.10. The number of hydrogen-bond acceptors (Lipinski definition) is 4. The van der Waals surface area contributed by atoms with Gasteiger partial charge in [-0.3, -0.25) is 4.79 Å². The Morgan fingerprint density at radius 3 is 2.52 bits per heavy atom. The van der Waals surface area contributed by atoms with Crippen molar-refractivity contribution in [3.05, 3.63) is 101 Å². The molecular formula is C25H20FNO4. The highest BCUT2D eigenvalue weighted by molar-refractivity contribution is 5.93. The van der Waals surface area contributed by atoms with Gasteiger partial charge in [-0.25, -0.2) is 9.18 Å². The summed E-state index contributed by atoms with van der Waals surface area (Å²) in [5, 5.41) is 3.54. The first-order valence-electron chi connectivity index (χ1n) is 9.86. The zero-order chi connectivity index (χ0) is 21.6. The Balaban J connectivity index is 1.39. The van der Waals surface area contributed by atoms with Crippen LogP contribution in [0.1, 0.15) is 5.56 Å². The maximum absolute atomic E-state index is 12.9. The Kier molecular flexibility index (Phi) is 6.08. The molecule has 3 aromatic carbocycles. The molecule has 156 valence electrons. The zero-order valence-corrected chi connectivity index (χ0v) is 16.6. The summed E-state index contributed by atoms with van der Waals surface area (Å²) >= 11 is 0. The van der Waals surface area contributed by atoms with Crippen molar-refractivity contribution in [3.63, 3.8) is 0 Å². The highest BCUT2D eigenvalue weighted by atomic mass is 19.1. The van der Waals surface area contributed by atoms with Crippen molar-refractivity contribution in [1.82, 2.24) is 5.32 Å². The van der Waals surface area contributed by atoms with E-state index in [1.54, 1.807) is 24.3 Å². The summed E-state index contributed by atoms with van der Waals surface area (Å²) in [7, 11) is 0. The lowest BCUT2D eigenvalue weighted by atomic mass is 10.0. The fourth-order valence-electron chi connectivity index (χ4n) is 3.29. The highest BCUT2D eigenvalue weighted by Crippen LogP contribution is 2.29. The molecule has 0 atom stereocenters. The Hall–Kier alpha value is -3.93. The first-order valence-corrected chi connectivity index (χ1v) is 9.86. The van der Waals surface area contributed by atoms with Crippen LogP contribution in [0, 0.1) is 5.82 Å². The lowest BCUT2D eigenvalue weighted by Crippen LogP contribution is -2.30. The van der Waals surface area contributed by atoms with E-state index in [-0.39, 0.29) is 18.3 Å². The molecule has 6 heteroatoms. The van der Waals surface area contributed by atoms with Gasteiger partial charge in [-0.15, -0.1) is 0 Å². The van der Waals surface area contributed by atoms with E-state index in [2.05, 4.69) is 5.32 Å². The third kappa shape index (κ3) is 5.17. The molecule has 1 amide bonds. The maximum atomic E-state index is 12.9. The molecule has 0 aliphatic heterocycles. The summed E-state index contributed by atoms with van der Waals surface area (Å²) in [6.07, 6.45) is 0.593. The van der Waals surface area contributed by atoms with Crippen molar-refractivity contribution in [1.29, 1.82) is 0 Å². The van der Waals surface area contributed by atoms with Gasteiger partial charge in [-0.2, -0.15) is 0 Å². The van der Waals surface area contributed by atoms with E-state index in [4.69, 9.17) is 9.15 Å². The summed E-state index contributed by atoms with van der Waals surface area (Å²) in [5.41, 5.74) is 2.55. The first kappa shape index (κ1) is 20.3. The number of fused-ring (bicyclic) bond motifs is 1. The number of carbonyl (C=O) groups excluding carboxylic acids is 1. The summed E-state index contributed by atoms with van der Waals surface area (Å²) in [6, 6.07) is 22.3. The molecule has 0 bridgehead atoms. The van der Waals surface area contributed by atoms with Crippen LogP contribution in [-0.4, -0.2) is 19.1 Å². The van der Waals surface area contributed by atoms with Crippen LogP contribution < -0.4 is 15.7 Å². The minimum absolute atomic E-state index is 0.169. The molecule has 4 rings (SSSR count). The van der Waals surface area contributed by atoms with Crippen LogP contribution >= 0.6 is 0 Å². The molecule has 0 radical (unpaired) electrons. The van der Waals surface area contributed by atoms with Gasteiger partial charge in [-0.1, -0.05) is 42.5 Å². The van der Waals surface area contributed by atoms with E-state index < -0.39 is 5.63 Å². The molecule has 31 heavy (non-hydrogen) atoms. The van der Waals surface area contributed by atoms with Gasteiger partial charge < -0.3 is 14.5 Å². The zero-order valence-electron chi connectivity index (χ0n) is 16.6. The second-order valence-electron chi connectivity index (χ2n) is 7.02. The predicted octanol–water partition coefficient (Wildman–Crippen LogP) is 4.34. The molecule has 5 nitrogen and oxygen atoms in total. The van der Waals surface area contributed by atoms with Crippen molar-refractivity contribution >= 4 is 16.9 Å². The van der Waals surface area contributed by atoms with Crippen molar-refractivity contribution in [2.45, 2.75) is 6.42 Å². The van der Waals surface area contributed by atoms with Crippen molar-refractivity contribution in [2.75, 3.05) is 13.2 Å². The monoisotopic (exact) mass is 417 g/mol. The Morgan fingerprint density at radius 1 is 0.968 bits per heavy atom. The molecule has 1 aromatic heterocycles. The second-order valence-corrected chi connectivity index (χ2v) is 7.02. The minimum atomic E-state index is -0.456. The number of rotatable bonds is 7. The van der Waals surface area contributed by atoms with Crippen LogP contribution in [-0.2, 0) is 11.2 Å². The average molecular weight is 417 g/mol. The van der Waals surface area contributed by atoms with E-state index in [1.807, 2.05) is 36.4 Å². The van der Waals surface area contributed by atoms with E-state index in [1.165, 1.54) is 18.2 Å². The van der Waals surface area contributed by atoms with Gasteiger partial charge in [0.25, 0.3) is 5.91 Å². The second kappa shape index (κ2) is 9.26. The van der Waals surface area contributed by atoms with E-state index in [9.17, 15) is 14.0 Å². The molecule has 0 fully saturated rings. The van der Waals surface area contributed by atoms with Gasteiger partial charge in [0.2, 0.25) is 0 Å². The quantitative estimate of drug-likeness (QED) is 0.454. The number of amides is 1. The van der Waals surface area contributed by atoms with Crippen molar-refractivity contribution in [2.24, 2.45) is 0 Å².